The third-order valence-electron chi connectivity index (χ3n) is 2.00. The summed E-state index contributed by atoms with van der Waals surface area (Å²) in [6, 6.07) is 4.89. The van der Waals surface area contributed by atoms with E-state index >= 15 is 0 Å². The highest BCUT2D eigenvalue weighted by molar-refractivity contribution is 9.10. The molecule has 0 aliphatic carbocycles. The molecule has 1 aromatic carbocycles. The van der Waals surface area contributed by atoms with Gasteiger partial charge in [-0.1, -0.05) is 15.9 Å². The van der Waals surface area contributed by atoms with Crippen LogP contribution in [0.3, 0.4) is 0 Å². The first-order chi connectivity index (χ1) is 6.63. The smallest absolute Gasteiger partial charge is 0.123 e. The van der Waals surface area contributed by atoms with Crippen molar-refractivity contribution >= 4 is 15.9 Å². The fourth-order valence-corrected chi connectivity index (χ4v) is 1.43. The van der Waals surface area contributed by atoms with Gasteiger partial charge in [-0.05, 0) is 30.7 Å². The van der Waals surface area contributed by atoms with E-state index in [0.717, 1.165) is 10.0 Å². The summed E-state index contributed by atoms with van der Waals surface area (Å²) in [4.78, 5) is 0. The lowest BCUT2D eigenvalue weighted by atomic mass is 10.2. The Labute approximate surface area is 91.8 Å². The van der Waals surface area contributed by atoms with Crippen molar-refractivity contribution in [2.75, 3.05) is 6.54 Å². The Bertz CT molecular complexity index is 304. The molecule has 0 aliphatic heterocycles. The molecule has 0 saturated heterocycles. The summed E-state index contributed by atoms with van der Waals surface area (Å²) in [5.41, 5.74) is 6.36. The van der Waals surface area contributed by atoms with Crippen LogP contribution in [-0.2, 0) is 6.54 Å². The van der Waals surface area contributed by atoms with Crippen molar-refractivity contribution in [3.63, 3.8) is 0 Å². The molecule has 1 unspecified atom stereocenters. The minimum Gasteiger partial charge on any atom is -0.329 e. The number of halogens is 2. The van der Waals surface area contributed by atoms with Crippen LogP contribution in [0.1, 0.15) is 12.5 Å². The zero-order chi connectivity index (χ0) is 10.6. The van der Waals surface area contributed by atoms with Crippen molar-refractivity contribution < 1.29 is 4.39 Å². The second-order valence-electron chi connectivity index (χ2n) is 3.25. The van der Waals surface area contributed by atoms with Gasteiger partial charge in [0.15, 0.2) is 0 Å². The van der Waals surface area contributed by atoms with Gasteiger partial charge in [-0.2, -0.15) is 0 Å². The largest absolute Gasteiger partial charge is 0.329 e. The molecule has 0 aromatic heterocycles. The minimum absolute atomic E-state index is 0.217. The van der Waals surface area contributed by atoms with Crippen LogP contribution in [0, 0.1) is 5.82 Å². The number of hydrogen-bond donors (Lipinski definition) is 2. The quantitative estimate of drug-likeness (QED) is 0.870. The molecule has 1 rings (SSSR count). The Hall–Kier alpha value is -0.450. The SMILES string of the molecule is CC(CN)NCc1cc(F)ccc1Br. The Kier molecular flexibility index (Phi) is 4.51. The molecule has 0 heterocycles. The molecular weight excluding hydrogens is 247 g/mol. The predicted molar refractivity (Wildman–Crippen MR) is 59.5 cm³/mol. The van der Waals surface area contributed by atoms with Crippen molar-refractivity contribution in [2.45, 2.75) is 19.5 Å². The Balaban J connectivity index is 2.62. The highest BCUT2D eigenvalue weighted by Crippen LogP contribution is 2.17. The van der Waals surface area contributed by atoms with Gasteiger partial charge in [-0.3, -0.25) is 0 Å². The van der Waals surface area contributed by atoms with Crippen molar-refractivity contribution in [1.82, 2.24) is 5.32 Å². The van der Waals surface area contributed by atoms with Crippen LogP contribution < -0.4 is 11.1 Å². The number of benzene rings is 1. The number of hydrogen-bond acceptors (Lipinski definition) is 2. The van der Waals surface area contributed by atoms with Crippen LogP contribution in [0.4, 0.5) is 4.39 Å². The summed E-state index contributed by atoms with van der Waals surface area (Å²) in [7, 11) is 0. The van der Waals surface area contributed by atoms with Gasteiger partial charge >= 0.3 is 0 Å². The zero-order valence-electron chi connectivity index (χ0n) is 8.06. The lowest BCUT2D eigenvalue weighted by Gasteiger charge is -2.12. The third-order valence-corrected chi connectivity index (χ3v) is 2.78. The number of nitrogens with two attached hydrogens (primary N) is 1. The van der Waals surface area contributed by atoms with Gasteiger partial charge in [0.1, 0.15) is 5.82 Å². The number of rotatable bonds is 4. The van der Waals surface area contributed by atoms with E-state index in [0.29, 0.717) is 13.1 Å². The van der Waals surface area contributed by atoms with Crippen LogP contribution in [0.25, 0.3) is 0 Å². The summed E-state index contributed by atoms with van der Waals surface area (Å²) >= 11 is 3.36. The molecule has 3 N–H and O–H groups in total. The maximum Gasteiger partial charge on any atom is 0.123 e. The maximum absolute atomic E-state index is 12.9. The molecular formula is C10H14BrFN2. The van der Waals surface area contributed by atoms with Gasteiger partial charge in [0.2, 0.25) is 0 Å². The van der Waals surface area contributed by atoms with E-state index in [1.165, 1.54) is 12.1 Å². The number of nitrogens with one attached hydrogen (secondary N) is 1. The molecule has 0 fully saturated rings. The molecule has 0 radical (unpaired) electrons. The molecule has 0 bridgehead atoms. The topological polar surface area (TPSA) is 38.0 Å². The molecule has 2 nitrogen and oxygen atoms in total. The van der Waals surface area contributed by atoms with Gasteiger partial charge in [0.05, 0.1) is 0 Å². The van der Waals surface area contributed by atoms with Gasteiger partial charge in [0.25, 0.3) is 0 Å². The second kappa shape index (κ2) is 5.44. The molecule has 78 valence electrons. The van der Waals surface area contributed by atoms with Crippen LogP contribution in [0.2, 0.25) is 0 Å². The summed E-state index contributed by atoms with van der Waals surface area (Å²) in [5, 5.41) is 3.19. The summed E-state index contributed by atoms with van der Waals surface area (Å²) < 4.78 is 13.8. The van der Waals surface area contributed by atoms with Crippen LogP contribution in [-0.4, -0.2) is 12.6 Å². The molecule has 14 heavy (non-hydrogen) atoms. The van der Waals surface area contributed by atoms with Crippen molar-refractivity contribution in [3.05, 3.63) is 34.1 Å². The molecule has 0 spiro atoms. The first-order valence-corrected chi connectivity index (χ1v) is 5.30. The van der Waals surface area contributed by atoms with E-state index in [1.807, 2.05) is 6.92 Å². The second-order valence-corrected chi connectivity index (χ2v) is 4.11. The molecule has 1 aromatic rings. The van der Waals surface area contributed by atoms with Crippen molar-refractivity contribution in [3.8, 4) is 0 Å². The summed E-state index contributed by atoms with van der Waals surface area (Å²) in [6.07, 6.45) is 0. The molecule has 1 atom stereocenters. The zero-order valence-corrected chi connectivity index (χ0v) is 9.64. The van der Waals surface area contributed by atoms with Gasteiger partial charge in [0, 0.05) is 23.6 Å². The highest BCUT2D eigenvalue weighted by atomic mass is 79.9. The third kappa shape index (κ3) is 3.36. The van der Waals surface area contributed by atoms with Crippen LogP contribution >= 0.6 is 15.9 Å². The highest BCUT2D eigenvalue weighted by Gasteiger charge is 2.03. The summed E-state index contributed by atoms with van der Waals surface area (Å²) in [5.74, 6) is -0.217. The van der Waals surface area contributed by atoms with Gasteiger partial charge < -0.3 is 11.1 Å². The Morgan fingerprint density at radius 1 is 1.57 bits per heavy atom. The average molecular weight is 261 g/mol. The van der Waals surface area contributed by atoms with Crippen molar-refractivity contribution in [2.24, 2.45) is 5.73 Å². The molecule has 0 aliphatic rings. The normalized spacial score (nSPS) is 12.9. The monoisotopic (exact) mass is 260 g/mol. The predicted octanol–water partition coefficient (Wildman–Crippen LogP) is 2.03. The fourth-order valence-electron chi connectivity index (χ4n) is 1.05. The average Bonchev–Trinajstić information content (AvgIpc) is 2.19. The van der Waals surface area contributed by atoms with E-state index in [9.17, 15) is 4.39 Å². The molecule has 4 heteroatoms. The van der Waals surface area contributed by atoms with E-state index in [-0.39, 0.29) is 11.9 Å². The first kappa shape index (κ1) is 11.6. The van der Waals surface area contributed by atoms with E-state index in [2.05, 4.69) is 21.2 Å². The van der Waals surface area contributed by atoms with Crippen LogP contribution in [0.15, 0.2) is 22.7 Å². The minimum atomic E-state index is -0.217. The van der Waals surface area contributed by atoms with E-state index < -0.39 is 0 Å². The van der Waals surface area contributed by atoms with Crippen LogP contribution in [0.5, 0.6) is 0 Å². The maximum atomic E-state index is 12.9. The van der Waals surface area contributed by atoms with E-state index in [4.69, 9.17) is 5.73 Å². The first-order valence-electron chi connectivity index (χ1n) is 4.51. The fraction of sp³-hybridized carbons (Fsp3) is 0.400. The standard InChI is InChI=1S/C10H14BrFN2/c1-7(5-13)14-6-8-4-9(12)2-3-10(8)11/h2-4,7,14H,5-6,13H2,1H3. The van der Waals surface area contributed by atoms with Crippen molar-refractivity contribution in [1.29, 1.82) is 0 Å². The van der Waals surface area contributed by atoms with Gasteiger partial charge in [-0.25, -0.2) is 4.39 Å². The van der Waals surface area contributed by atoms with Gasteiger partial charge in [-0.15, -0.1) is 0 Å². The lowest BCUT2D eigenvalue weighted by Crippen LogP contribution is -2.32. The Morgan fingerprint density at radius 3 is 2.93 bits per heavy atom. The molecule has 0 amide bonds. The lowest BCUT2D eigenvalue weighted by molar-refractivity contribution is 0.552. The molecule has 0 saturated carbocycles. The Morgan fingerprint density at radius 2 is 2.29 bits per heavy atom. The summed E-state index contributed by atoms with van der Waals surface area (Å²) in [6.45, 7) is 3.19. The van der Waals surface area contributed by atoms with E-state index in [1.54, 1.807) is 6.07 Å².